The third kappa shape index (κ3) is 126. The van der Waals surface area contributed by atoms with Crippen LogP contribution in [0.4, 0.5) is 0 Å². The van der Waals surface area contributed by atoms with Crippen LogP contribution < -0.4 is 0 Å². The van der Waals surface area contributed by atoms with Gasteiger partial charge in [0, 0.05) is 0 Å². The van der Waals surface area contributed by atoms with Crippen molar-refractivity contribution in [2.45, 2.75) is 41.5 Å². The molecule has 0 aromatic rings. The molecule has 0 aliphatic carbocycles. The van der Waals surface area contributed by atoms with Crippen LogP contribution in [-0.4, -0.2) is 0 Å². The van der Waals surface area contributed by atoms with Gasteiger partial charge in [0.2, 0.25) is 0 Å². The van der Waals surface area contributed by atoms with Crippen molar-refractivity contribution in [3.05, 3.63) is 37.5 Å². The molecular weight excluding hydrogens is 144 g/mol. The van der Waals surface area contributed by atoms with E-state index in [1.54, 1.807) is 0 Å². The normalized spacial score (nSPS) is 7.17. The Morgan fingerprint density at radius 2 is 0.833 bits per heavy atom. The highest BCUT2D eigenvalue weighted by Gasteiger charge is 1.48. The Kier molecular flexibility index (Phi) is 157. The van der Waals surface area contributed by atoms with E-state index in [2.05, 4.69) is 13.2 Å². The van der Waals surface area contributed by atoms with Crippen molar-refractivity contribution in [2.75, 3.05) is 0 Å². The second-order valence-corrected chi connectivity index (χ2v) is 1.05. The summed E-state index contributed by atoms with van der Waals surface area (Å²) in [7, 11) is 0. The first-order chi connectivity index (χ1) is 5.91. The Morgan fingerprint density at radius 3 is 0.917 bits per heavy atom. The van der Waals surface area contributed by atoms with E-state index in [0.717, 1.165) is 0 Å². The summed E-state index contributed by atoms with van der Waals surface area (Å²) < 4.78 is 0. The smallest absolute Gasteiger partial charge is 0.0467 e. The molecule has 74 valence electrons. The highest BCUT2D eigenvalue weighted by molar-refractivity contribution is 4.98. The summed E-state index contributed by atoms with van der Waals surface area (Å²) in [4.78, 5) is 0. The van der Waals surface area contributed by atoms with E-state index in [4.69, 9.17) is 0 Å². The van der Waals surface area contributed by atoms with Crippen LogP contribution in [0.3, 0.4) is 0 Å². The van der Waals surface area contributed by atoms with Gasteiger partial charge in [-0.25, -0.2) is 0 Å². The quantitative estimate of drug-likeness (QED) is 0.384. The van der Waals surface area contributed by atoms with Gasteiger partial charge in [-0.1, -0.05) is 52.0 Å². The van der Waals surface area contributed by atoms with Gasteiger partial charge in [-0.15, -0.1) is 13.2 Å². The molecule has 0 aromatic carbocycles. The molecule has 0 spiro atoms. The van der Waals surface area contributed by atoms with E-state index >= 15 is 0 Å². The van der Waals surface area contributed by atoms with Crippen LogP contribution in [0, 0.1) is 0 Å². The third-order valence-corrected chi connectivity index (χ3v) is 0.496. The first-order valence-electron chi connectivity index (χ1n) is 4.65. The predicted octanol–water partition coefficient (Wildman–Crippen LogP) is 4.99. The molecule has 0 heteroatoms. The minimum Gasteiger partial charge on any atom is -0.106 e. The summed E-state index contributed by atoms with van der Waals surface area (Å²) in [5.41, 5.74) is 0. The van der Waals surface area contributed by atoms with Gasteiger partial charge in [0.05, 0.1) is 0 Å². The van der Waals surface area contributed by atoms with Gasteiger partial charge in [0.15, 0.2) is 0 Å². The molecule has 0 saturated carbocycles. The van der Waals surface area contributed by atoms with Crippen LogP contribution in [0.5, 0.6) is 0 Å². The van der Waals surface area contributed by atoms with E-state index in [1.165, 1.54) is 0 Å². The fourth-order valence-corrected chi connectivity index (χ4v) is 0.222. The zero-order chi connectivity index (χ0) is 10.8. The maximum absolute atomic E-state index is 3.00. The molecule has 0 atom stereocenters. The molecule has 0 nitrogen and oxygen atoms in total. The zero-order valence-corrected chi connectivity index (χ0v) is 9.72. The van der Waals surface area contributed by atoms with Crippen LogP contribution >= 0.6 is 0 Å². The van der Waals surface area contributed by atoms with Gasteiger partial charge in [-0.2, -0.15) is 0 Å². The van der Waals surface area contributed by atoms with Gasteiger partial charge in [-0.05, 0) is 13.8 Å². The number of hydrogen-bond acceptors (Lipinski definition) is 0. The van der Waals surface area contributed by atoms with Crippen molar-refractivity contribution in [3.63, 3.8) is 0 Å². The van der Waals surface area contributed by atoms with Gasteiger partial charge in [-0.3, -0.25) is 0 Å². The lowest BCUT2D eigenvalue weighted by Crippen LogP contribution is -1.40. The minimum atomic E-state index is 2.00. The largest absolute Gasteiger partial charge is 0.106 e. The van der Waals surface area contributed by atoms with Crippen molar-refractivity contribution in [3.8, 4) is 0 Å². The second-order valence-electron chi connectivity index (χ2n) is 1.05. The zero-order valence-electron chi connectivity index (χ0n) is 9.72. The first kappa shape index (κ1) is 22.5. The second kappa shape index (κ2) is 83.8. The highest BCUT2D eigenvalue weighted by Crippen LogP contribution is 1.71. The van der Waals surface area contributed by atoms with E-state index in [1.807, 2.05) is 65.8 Å². The summed E-state index contributed by atoms with van der Waals surface area (Å²) in [5.74, 6) is 0. The summed E-state index contributed by atoms with van der Waals surface area (Å²) >= 11 is 0. The molecule has 0 unspecified atom stereocenters. The molecule has 0 aliphatic heterocycles. The molecule has 0 saturated heterocycles. The number of hydrogen-bond donors (Lipinski definition) is 0. The van der Waals surface area contributed by atoms with Gasteiger partial charge < -0.3 is 0 Å². The lowest BCUT2D eigenvalue weighted by molar-refractivity contribution is 1.50. The Labute approximate surface area is 79.7 Å². The van der Waals surface area contributed by atoms with Crippen LogP contribution in [0.2, 0.25) is 0 Å². The first-order valence-corrected chi connectivity index (χ1v) is 4.65. The Hall–Kier alpha value is -0.780. The standard InChI is InChI=1S/C6H10.2C2H6.C2H4/c1-3-5-6-4-2;3*1-2/h3-6H,1-2H3;2*1-2H3;1-2H2/b5-3-,6-4-;;;. The molecule has 0 heterocycles. The molecule has 0 amide bonds. The molecule has 0 aromatic heterocycles. The van der Waals surface area contributed by atoms with E-state index in [9.17, 15) is 0 Å². The summed E-state index contributed by atoms with van der Waals surface area (Å²) in [6.07, 6.45) is 8.00. The Bertz CT molecular complexity index is 58.1. The fraction of sp³-hybridized carbons (Fsp3) is 0.500. The molecule has 0 bridgehead atoms. The average Bonchev–Trinajstić information content (AvgIpc) is 2.24. The van der Waals surface area contributed by atoms with E-state index in [-0.39, 0.29) is 0 Å². The van der Waals surface area contributed by atoms with E-state index in [0.29, 0.717) is 0 Å². The van der Waals surface area contributed by atoms with Gasteiger partial charge in [0.25, 0.3) is 0 Å². The van der Waals surface area contributed by atoms with Crippen LogP contribution in [-0.2, 0) is 0 Å². The summed E-state index contributed by atoms with van der Waals surface area (Å²) in [6.45, 7) is 18.0. The van der Waals surface area contributed by atoms with Crippen molar-refractivity contribution in [1.29, 1.82) is 0 Å². The maximum atomic E-state index is 3.00. The minimum absolute atomic E-state index is 2.00. The van der Waals surface area contributed by atoms with Crippen molar-refractivity contribution < 1.29 is 0 Å². The monoisotopic (exact) mass is 170 g/mol. The van der Waals surface area contributed by atoms with Crippen molar-refractivity contribution >= 4 is 0 Å². The SMILES string of the molecule is C/C=C\C=C/C.C=C.CC.CC. The van der Waals surface area contributed by atoms with E-state index < -0.39 is 0 Å². The Balaban J connectivity index is -0.0000000453. The van der Waals surface area contributed by atoms with Crippen molar-refractivity contribution in [1.82, 2.24) is 0 Å². The predicted molar refractivity (Wildman–Crippen MR) is 63.6 cm³/mol. The third-order valence-electron chi connectivity index (χ3n) is 0.496. The Morgan fingerprint density at radius 1 is 0.667 bits per heavy atom. The number of rotatable bonds is 1. The number of allylic oxidation sites excluding steroid dienone is 4. The molecular formula is C12H26. The lowest BCUT2D eigenvalue weighted by atomic mass is 10.5. The summed E-state index contributed by atoms with van der Waals surface area (Å²) in [6, 6.07) is 0. The van der Waals surface area contributed by atoms with Gasteiger partial charge >= 0.3 is 0 Å². The van der Waals surface area contributed by atoms with Crippen LogP contribution in [0.15, 0.2) is 37.5 Å². The van der Waals surface area contributed by atoms with Gasteiger partial charge in [0.1, 0.15) is 0 Å². The molecule has 0 rings (SSSR count). The average molecular weight is 170 g/mol. The molecule has 0 N–H and O–H groups in total. The topological polar surface area (TPSA) is 0 Å². The van der Waals surface area contributed by atoms with Crippen LogP contribution in [0.25, 0.3) is 0 Å². The fourth-order valence-electron chi connectivity index (χ4n) is 0.222. The molecule has 0 fully saturated rings. The highest BCUT2D eigenvalue weighted by atomic mass is 13.6. The van der Waals surface area contributed by atoms with Crippen molar-refractivity contribution in [2.24, 2.45) is 0 Å². The van der Waals surface area contributed by atoms with Crippen LogP contribution in [0.1, 0.15) is 41.5 Å². The molecule has 0 radical (unpaired) electrons. The lowest BCUT2D eigenvalue weighted by Gasteiger charge is -1.62. The molecule has 12 heavy (non-hydrogen) atoms. The molecule has 0 aliphatic rings. The summed E-state index contributed by atoms with van der Waals surface area (Å²) in [5, 5.41) is 0. The maximum Gasteiger partial charge on any atom is -0.0467 e.